The Balaban J connectivity index is 1.87. The van der Waals surface area contributed by atoms with Crippen molar-refractivity contribution in [3.8, 4) is 0 Å². The normalized spacial score (nSPS) is 10.5. The summed E-state index contributed by atoms with van der Waals surface area (Å²) in [4.78, 5) is 13.6. The molecule has 1 heterocycles. The topological polar surface area (TPSA) is 88.8 Å². The van der Waals surface area contributed by atoms with E-state index in [1.54, 1.807) is 18.2 Å². The monoisotopic (exact) mass is 342 g/mol. The van der Waals surface area contributed by atoms with Crippen LogP contribution in [0.15, 0.2) is 58.6 Å². The van der Waals surface area contributed by atoms with Gasteiger partial charge in [0.15, 0.2) is 5.16 Å². The average molecular weight is 342 g/mol. The van der Waals surface area contributed by atoms with E-state index in [1.807, 2.05) is 31.2 Å². The van der Waals surface area contributed by atoms with E-state index < -0.39 is 5.82 Å². The second kappa shape index (κ2) is 7.24. The molecular weight excluding hydrogens is 327 g/mol. The minimum Gasteiger partial charge on any atom is -0.321 e. The lowest BCUT2D eigenvalue weighted by molar-refractivity contribution is 0.631. The van der Waals surface area contributed by atoms with Crippen LogP contribution in [0.4, 0.5) is 22.0 Å². The number of hydrazine groups is 1. The van der Waals surface area contributed by atoms with Gasteiger partial charge in [-0.3, -0.25) is 5.43 Å². The lowest BCUT2D eigenvalue weighted by Crippen LogP contribution is -2.13. The van der Waals surface area contributed by atoms with Crippen LogP contribution in [0.3, 0.4) is 0 Å². The third-order valence-corrected chi connectivity index (χ3v) is 3.97. The van der Waals surface area contributed by atoms with Gasteiger partial charge in [-0.25, -0.2) is 10.2 Å². The maximum Gasteiger partial charge on any atom is 0.242 e. The van der Waals surface area contributed by atoms with Gasteiger partial charge in [-0.15, -0.1) is 0 Å². The largest absolute Gasteiger partial charge is 0.321 e. The van der Waals surface area contributed by atoms with Crippen LogP contribution in [-0.2, 0) is 0 Å². The molecule has 0 bridgehead atoms. The molecule has 0 fully saturated rings. The van der Waals surface area contributed by atoms with E-state index in [9.17, 15) is 4.39 Å². The summed E-state index contributed by atoms with van der Waals surface area (Å²) in [6.07, 6.45) is 0. The molecule has 24 heavy (non-hydrogen) atoms. The van der Waals surface area contributed by atoms with Gasteiger partial charge in [-0.1, -0.05) is 29.8 Å². The van der Waals surface area contributed by atoms with E-state index >= 15 is 0 Å². The predicted octanol–water partition coefficient (Wildman–Crippen LogP) is 3.50. The van der Waals surface area contributed by atoms with Gasteiger partial charge in [-0.2, -0.15) is 15.0 Å². The van der Waals surface area contributed by atoms with Crippen LogP contribution in [0.1, 0.15) is 5.56 Å². The van der Waals surface area contributed by atoms with Crippen molar-refractivity contribution in [1.29, 1.82) is 0 Å². The van der Waals surface area contributed by atoms with Gasteiger partial charge in [0.1, 0.15) is 5.82 Å². The Bertz CT molecular complexity index is 840. The van der Waals surface area contributed by atoms with Crippen LogP contribution in [0.5, 0.6) is 0 Å². The zero-order valence-corrected chi connectivity index (χ0v) is 13.6. The zero-order valence-electron chi connectivity index (χ0n) is 12.8. The molecule has 0 spiro atoms. The molecule has 3 aromatic rings. The average Bonchev–Trinajstić information content (AvgIpc) is 2.59. The Morgan fingerprint density at radius 3 is 2.38 bits per heavy atom. The van der Waals surface area contributed by atoms with Crippen LogP contribution in [-0.4, -0.2) is 15.0 Å². The number of hydrogen-bond acceptors (Lipinski definition) is 7. The van der Waals surface area contributed by atoms with E-state index in [1.165, 1.54) is 23.4 Å². The number of rotatable bonds is 5. The first kappa shape index (κ1) is 16.2. The van der Waals surface area contributed by atoms with E-state index in [2.05, 4.69) is 25.7 Å². The van der Waals surface area contributed by atoms with E-state index in [0.29, 0.717) is 5.16 Å². The molecule has 4 N–H and O–H groups in total. The van der Waals surface area contributed by atoms with Crippen molar-refractivity contribution < 1.29 is 4.39 Å². The molecule has 3 rings (SSSR count). The second-order valence-electron chi connectivity index (χ2n) is 4.93. The molecule has 1 aromatic heterocycles. The van der Waals surface area contributed by atoms with Crippen molar-refractivity contribution in [3.63, 3.8) is 0 Å². The Kier molecular flexibility index (Phi) is 4.88. The highest BCUT2D eigenvalue weighted by molar-refractivity contribution is 7.99. The molecular formula is C16H15FN6S. The highest BCUT2D eigenvalue weighted by Gasteiger charge is 2.09. The number of para-hydroxylation sites is 1. The van der Waals surface area contributed by atoms with Gasteiger partial charge < -0.3 is 5.32 Å². The molecule has 0 saturated heterocycles. The van der Waals surface area contributed by atoms with Gasteiger partial charge in [0.25, 0.3) is 0 Å². The summed E-state index contributed by atoms with van der Waals surface area (Å²) in [6.45, 7) is 2.02. The van der Waals surface area contributed by atoms with Crippen molar-refractivity contribution in [1.82, 2.24) is 15.0 Å². The minimum atomic E-state index is -0.395. The number of benzene rings is 2. The fourth-order valence-electron chi connectivity index (χ4n) is 1.92. The smallest absolute Gasteiger partial charge is 0.242 e. The van der Waals surface area contributed by atoms with Crippen molar-refractivity contribution in [3.05, 3.63) is 59.9 Å². The summed E-state index contributed by atoms with van der Waals surface area (Å²) < 4.78 is 13.8. The predicted molar refractivity (Wildman–Crippen MR) is 92.6 cm³/mol. The number of anilines is 3. The lowest BCUT2D eigenvalue weighted by atomic mass is 10.2. The number of nitrogens with two attached hydrogens (primary N) is 1. The molecule has 122 valence electrons. The lowest BCUT2D eigenvalue weighted by Gasteiger charge is -2.09. The Morgan fingerprint density at radius 2 is 1.67 bits per heavy atom. The molecule has 0 amide bonds. The number of halogens is 1. The highest BCUT2D eigenvalue weighted by atomic mass is 32.2. The van der Waals surface area contributed by atoms with Crippen molar-refractivity contribution in [2.45, 2.75) is 17.0 Å². The fourth-order valence-corrected chi connectivity index (χ4v) is 2.66. The number of nitrogens with zero attached hydrogens (tertiary/aromatic N) is 3. The number of nitrogens with one attached hydrogen (secondary N) is 2. The van der Waals surface area contributed by atoms with Gasteiger partial charge in [-0.05, 0) is 43.0 Å². The maximum atomic E-state index is 13.8. The van der Waals surface area contributed by atoms with Crippen LogP contribution in [0.25, 0.3) is 0 Å². The van der Waals surface area contributed by atoms with Crippen molar-refractivity contribution in [2.24, 2.45) is 5.84 Å². The summed E-state index contributed by atoms with van der Waals surface area (Å²) in [5, 5.41) is 3.28. The van der Waals surface area contributed by atoms with E-state index in [-0.39, 0.29) is 17.6 Å². The molecule has 8 heteroatoms. The van der Waals surface area contributed by atoms with Crippen molar-refractivity contribution >= 4 is 29.3 Å². The number of aromatic nitrogens is 3. The third kappa shape index (κ3) is 3.98. The van der Waals surface area contributed by atoms with Gasteiger partial charge in [0.2, 0.25) is 11.9 Å². The molecule has 0 unspecified atom stereocenters. The molecule has 6 nitrogen and oxygen atoms in total. The number of nitrogen functional groups attached to an aromatic ring is 1. The molecule has 0 radical (unpaired) electrons. The van der Waals surface area contributed by atoms with Gasteiger partial charge in [0, 0.05) is 4.90 Å². The summed E-state index contributed by atoms with van der Waals surface area (Å²) in [7, 11) is 0. The molecule has 2 aromatic carbocycles. The summed E-state index contributed by atoms with van der Waals surface area (Å²) >= 11 is 1.36. The summed E-state index contributed by atoms with van der Waals surface area (Å²) in [5.74, 6) is 5.41. The van der Waals surface area contributed by atoms with Crippen LogP contribution in [0, 0.1) is 12.7 Å². The Labute approximate surface area is 142 Å². The molecule has 0 atom stereocenters. The number of aryl methyl sites for hydroxylation is 1. The Morgan fingerprint density at radius 1 is 0.958 bits per heavy atom. The van der Waals surface area contributed by atoms with E-state index in [4.69, 9.17) is 5.84 Å². The Hall–Kier alpha value is -2.71. The highest BCUT2D eigenvalue weighted by Crippen LogP contribution is 2.27. The molecule has 0 saturated carbocycles. The van der Waals surface area contributed by atoms with Crippen LogP contribution >= 0.6 is 11.8 Å². The van der Waals surface area contributed by atoms with Crippen LogP contribution in [0.2, 0.25) is 0 Å². The van der Waals surface area contributed by atoms with Gasteiger partial charge >= 0.3 is 0 Å². The van der Waals surface area contributed by atoms with Gasteiger partial charge in [0.05, 0.1) is 5.69 Å². The van der Waals surface area contributed by atoms with Crippen molar-refractivity contribution in [2.75, 3.05) is 10.7 Å². The van der Waals surface area contributed by atoms with E-state index in [0.717, 1.165) is 4.90 Å². The summed E-state index contributed by atoms with van der Waals surface area (Å²) in [6, 6.07) is 14.2. The quantitative estimate of drug-likeness (QED) is 0.483. The zero-order chi connectivity index (χ0) is 16.9. The second-order valence-corrected chi connectivity index (χ2v) is 5.97. The standard InChI is InChI=1S/C16H15FN6S/c1-10-6-8-11(9-7-10)24-16-21-14(20-15(22-16)23-18)19-13-5-3-2-4-12(13)17/h2-9H,18H2,1H3,(H2,19,20,21,22,23). The minimum absolute atomic E-state index is 0.193. The number of hydrogen-bond donors (Lipinski definition) is 3. The first-order valence-electron chi connectivity index (χ1n) is 7.13. The maximum absolute atomic E-state index is 13.8. The SMILES string of the molecule is Cc1ccc(Sc2nc(NN)nc(Nc3ccccc3F)n2)cc1. The first-order valence-corrected chi connectivity index (χ1v) is 7.94. The summed E-state index contributed by atoms with van der Waals surface area (Å²) in [5.41, 5.74) is 3.84. The molecule has 0 aliphatic carbocycles. The molecule has 0 aliphatic rings. The van der Waals surface area contributed by atoms with Crippen LogP contribution < -0.4 is 16.6 Å². The molecule has 0 aliphatic heterocycles. The first-order chi connectivity index (χ1) is 11.6. The fraction of sp³-hybridized carbons (Fsp3) is 0.0625. The third-order valence-electron chi connectivity index (χ3n) is 3.09.